The number of aromatic amines is 1. The SMILES string of the molecule is CC(C)(CCCO)CNC(=O)c1cc(O)[nH]c(=O)c1. The number of aliphatic hydroxyl groups excluding tert-OH is 1. The number of aromatic hydroxyl groups is 1. The summed E-state index contributed by atoms with van der Waals surface area (Å²) in [5, 5.41) is 20.7. The van der Waals surface area contributed by atoms with Crippen LogP contribution in [0.15, 0.2) is 16.9 Å². The van der Waals surface area contributed by atoms with E-state index in [1.165, 1.54) is 6.07 Å². The molecule has 0 bridgehead atoms. The monoisotopic (exact) mass is 268 g/mol. The van der Waals surface area contributed by atoms with Crippen molar-refractivity contribution >= 4 is 5.91 Å². The Morgan fingerprint density at radius 3 is 2.68 bits per heavy atom. The lowest BCUT2D eigenvalue weighted by molar-refractivity contribution is 0.0932. The van der Waals surface area contributed by atoms with Gasteiger partial charge >= 0.3 is 0 Å². The third-order valence-corrected chi connectivity index (χ3v) is 2.83. The Morgan fingerprint density at radius 2 is 2.11 bits per heavy atom. The molecule has 0 saturated heterocycles. The summed E-state index contributed by atoms with van der Waals surface area (Å²) in [6, 6.07) is 2.34. The summed E-state index contributed by atoms with van der Waals surface area (Å²) in [6.45, 7) is 4.52. The first kappa shape index (κ1) is 15.2. The predicted octanol–water partition coefficient (Wildman–Crippen LogP) is 0.609. The number of aliphatic hydroxyl groups is 1. The molecular weight excluding hydrogens is 248 g/mol. The maximum atomic E-state index is 11.8. The largest absolute Gasteiger partial charge is 0.494 e. The summed E-state index contributed by atoms with van der Waals surface area (Å²) in [4.78, 5) is 25.1. The lowest BCUT2D eigenvalue weighted by Crippen LogP contribution is -2.34. The van der Waals surface area contributed by atoms with E-state index >= 15 is 0 Å². The lowest BCUT2D eigenvalue weighted by atomic mass is 9.88. The predicted molar refractivity (Wildman–Crippen MR) is 71.2 cm³/mol. The van der Waals surface area contributed by atoms with Crippen molar-refractivity contribution in [3.63, 3.8) is 0 Å². The summed E-state index contributed by atoms with van der Waals surface area (Å²) >= 11 is 0. The molecule has 106 valence electrons. The van der Waals surface area contributed by atoms with Gasteiger partial charge < -0.3 is 15.5 Å². The molecule has 0 unspecified atom stereocenters. The molecule has 0 radical (unpaired) electrons. The molecule has 6 nitrogen and oxygen atoms in total. The average molecular weight is 268 g/mol. The zero-order valence-corrected chi connectivity index (χ0v) is 11.2. The Morgan fingerprint density at radius 1 is 1.42 bits per heavy atom. The van der Waals surface area contributed by atoms with E-state index in [4.69, 9.17) is 5.11 Å². The summed E-state index contributed by atoms with van der Waals surface area (Å²) in [5.41, 5.74) is -0.536. The van der Waals surface area contributed by atoms with Gasteiger partial charge in [0.05, 0.1) is 5.56 Å². The molecule has 0 aliphatic heterocycles. The fourth-order valence-corrected chi connectivity index (χ4v) is 1.73. The van der Waals surface area contributed by atoms with Gasteiger partial charge in [-0.1, -0.05) is 13.8 Å². The minimum absolute atomic E-state index is 0.124. The highest BCUT2D eigenvalue weighted by atomic mass is 16.3. The first-order valence-corrected chi connectivity index (χ1v) is 6.16. The minimum Gasteiger partial charge on any atom is -0.494 e. The van der Waals surface area contributed by atoms with Gasteiger partial charge in [-0.25, -0.2) is 0 Å². The van der Waals surface area contributed by atoms with E-state index in [9.17, 15) is 14.7 Å². The van der Waals surface area contributed by atoms with Crippen LogP contribution in [0.2, 0.25) is 0 Å². The molecule has 4 N–H and O–H groups in total. The van der Waals surface area contributed by atoms with Gasteiger partial charge in [0.15, 0.2) is 5.88 Å². The van der Waals surface area contributed by atoms with Gasteiger partial charge in [-0.2, -0.15) is 0 Å². The van der Waals surface area contributed by atoms with Gasteiger partial charge in [0.2, 0.25) is 0 Å². The second-order valence-corrected chi connectivity index (χ2v) is 5.29. The van der Waals surface area contributed by atoms with Crippen molar-refractivity contribution in [1.82, 2.24) is 10.3 Å². The fraction of sp³-hybridized carbons (Fsp3) is 0.538. The number of amides is 1. The first-order chi connectivity index (χ1) is 8.84. The zero-order chi connectivity index (χ0) is 14.5. The van der Waals surface area contributed by atoms with Crippen LogP contribution >= 0.6 is 0 Å². The average Bonchev–Trinajstić information content (AvgIpc) is 2.32. The highest BCUT2D eigenvalue weighted by molar-refractivity contribution is 5.94. The third kappa shape index (κ3) is 5.13. The Bertz CT molecular complexity index is 494. The molecule has 1 aromatic heterocycles. The molecule has 0 spiro atoms. The topological polar surface area (TPSA) is 102 Å². The Hall–Kier alpha value is -1.82. The van der Waals surface area contributed by atoms with E-state index < -0.39 is 11.5 Å². The zero-order valence-electron chi connectivity index (χ0n) is 11.2. The summed E-state index contributed by atoms with van der Waals surface area (Å²) in [7, 11) is 0. The fourth-order valence-electron chi connectivity index (χ4n) is 1.73. The van der Waals surface area contributed by atoms with E-state index in [1.54, 1.807) is 0 Å². The molecule has 1 rings (SSSR count). The van der Waals surface area contributed by atoms with Crippen LogP contribution in [0.1, 0.15) is 37.0 Å². The van der Waals surface area contributed by atoms with E-state index in [1.807, 2.05) is 13.8 Å². The van der Waals surface area contributed by atoms with Gasteiger partial charge in [-0.3, -0.25) is 14.6 Å². The molecule has 1 amide bonds. The number of carbonyl (C=O) groups excluding carboxylic acids is 1. The first-order valence-electron chi connectivity index (χ1n) is 6.16. The molecule has 0 saturated carbocycles. The van der Waals surface area contributed by atoms with Gasteiger partial charge in [-0.05, 0) is 18.3 Å². The minimum atomic E-state index is -0.523. The molecule has 19 heavy (non-hydrogen) atoms. The highest BCUT2D eigenvalue weighted by Crippen LogP contribution is 2.20. The lowest BCUT2D eigenvalue weighted by Gasteiger charge is -2.24. The number of H-pyrrole nitrogens is 1. The van der Waals surface area contributed by atoms with Crippen molar-refractivity contribution in [3.8, 4) is 5.88 Å². The standard InChI is InChI=1S/C13H20N2O4/c1-13(2,4-3-5-16)8-14-12(19)9-6-10(17)15-11(18)7-9/h6-7,16H,3-5,8H2,1-2H3,(H,14,19)(H2,15,17,18). The van der Waals surface area contributed by atoms with Crippen LogP contribution in [0.5, 0.6) is 5.88 Å². The second-order valence-electron chi connectivity index (χ2n) is 5.29. The molecule has 0 aliphatic carbocycles. The third-order valence-electron chi connectivity index (χ3n) is 2.83. The molecule has 6 heteroatoms. The Balaban J connectivity index is 2.62. The van der Waals surface area contributed by atoms with Gasteiger partial charge in [0.25, 0.3) is 11.5 Å². The molecular formula is C13H20N2O4. The smallest absolute Gasteiger partial charge is 0.251 e. The van der Waals surface area contributed by atoms with Gasteiger partial charge in [0, 0.05) is 25.3 Å². The van der Waals surface area contributed by atoms with Crippen LogP contribution in [0, 0.1) is 5.41 Å². The quantitative estimate of drug-likeness (QED) is 0.607. The number of rotatable bonds is 6. The van der Waals surface area contributed by atoms with Crippen LogP contribution in [-0.2, 0) is 0 Å². The van der Waals surface area contributed by atoms with Crippen molar-refractivity contribution in [1.29, 1.82) is 0 Å². The van der Waals surface area contributed by atoms with Crippen molar-refractivity contribution < 1.29 is 15.0 Å². The van der Waals surface area contributed by atoms with E-state index in [0.29, 0.717) is 13.0 Å². The summed E-state index contributed by atoms with van der Waals surface area (Å²) in [5.74, 6) is -0.740. The number of nitrogens with one attached hydrogen (secondary N) is 2. The molecule has 0 aromatic carbocycles. The van der Waals surface area contributed by atoms with Crippen LogP contribution in [0.25, 0.3) is 0 Å². The molecule has 1 heterocycles. The van der Waals surface area contributed by atoms with E-state index in [0.717, 1.165) is 12.5 Å². The van der Waals surface area contributed by atoms with Crippen LogP contribution in [0.3, 0.4) is 0 Å². The Kier molecular flexibility index (Phi) is 5.11. The number of carbonyl (C=O) groups is 1. The number of hydrogen-bond acceptors (Lipinski definition) is 4. The molecule has 0 atom stereocenters. The van der Waals surface area contributed by atoms with Crippen molar-refractivity contribution in [2.45, 2.75) is 26.7 Å². The maximum Gasteiger partial charge on any atom is 0.251 e. The summed E-state index contributed by atoms with van der Waals surface area (Å²) in [6.07, 6.45) is 1.46. The Labute approximate surface area is 111 Å². The van der Waals surface area contributed by atoms with Gasteiger partial charge in [0.1, 0.15) is 0 Å². The van der Waals surface area contributed by atoms with Crippen molar-refractivity contribution in [2.75, 3.05) is 13.2 Å². The van der Waals surface area contributed by atoms with E-state index in [-0.39, 0.29) is 23.5 Å². The number of pyridine rings is 1. The van der Waals surface area contributed by atoms with Crippen LogP contribution < -0.4 is 10.9 Å². The van der Waals surface area contributed by atoms with Gasteiger partial charge in [-0.15, -0.1) is 0 Å². The number of hydrogen-bond donors (Lipinski definition) is 4. The molecule has 0 fully saturated rings. The molecule has 0 aliphatic rings. The number of aromatic nitrogens is 1. The van der Waals surface area contributed by atoms with E-state index in [2.05, 4.69) is 10.3 Å². The normalized spacial score (nSPS) is 11.3. The van der Waals surface area contributed by atoms with Crippen LogP contribution in [0.4, 0.5) is 0 Å². The van der Waals surface area contributed by atoms with Crippen molar-refractivity contribution in [2.24, 2.45) is 5.41 Å². The second kappa shape index (κ2) is 6.38. The van der Waals surface area contributed by atoms with Crippen LogP contribution in [-0.4, -0.2) is 34.3 Å². The maximum absolute atomic E-state index is 11.8. The molecule has 1 aromatic rings. The van der Waals surface area contributed by atoms with Crippen molar-refractivity contribution in [3.05, 3.63) is 28.0 Å². The highest BCUT2D eigenvalue weighted by Gasteiger charge is 2.19. The summed E-state index contributed by atoms with van der Waals surface area (Å²) < 4.78 is 0.